The van der Waals surface area contributed by atoms with E-state index >= 15 is 0 Å². The summed E-state index contributed by atoms with van der Waals surface area (Å²) in [7, 11) is -3.18. The van der Waals surface area contributed by atoms with Crippen LogP contribution in [0.2, 0.25) is 0 Å². The van der Waals surface area contributed by atoms with Crippen molar-refractivity contribution in [1.82, 2.24) is 14.4 Å². The maximum atomic E-state index is 12.5. The molecule has 2 fully saturated rings. The van der Waals surface area contributed by atoms with Gasteiger partial charge in [-0.2, -0.15) is 4.31 Å². The number of piperidine rings is 1. The van der Waals surface area contributed by atoms with E-state index in [0.29, 0.717) is 31.3 Å². The van der Waals surface area contributed by atoms with Crippen molar-refractivity contribution in [3.05, 3.63) is 17.0 Å². The minimum absolute atomic E-state index is 0.00759. The molecule has 0 aromatic carbocycles. The molecule has 22 heavy (non-hydrogen) atoms. The molecule has 3 rings (SSSR count). The highest BCUT2D eigenvalue weighted by molar-refractivity contribution is 7.88. The second-order valence-corrected chi connectivity index (χ2v) is 8.20. The van der Waals surface area contributed by atoms with E-state index < -0.39 is 10.0 Å². The van der Waals surface area contributed by atoms with Gasteiger partial charge in [0.2, 0.25) is 15.9 Å². The van der Waals surface area contributed by atoms with Gasteiger partial charge in [0.25, 0.3) is 0 Å². The predicted octanol–water partition coefficient (Wildman–Crippen LogP) is 0.326. The molecule has 3 heterocycles. The Balaban J connectivity index is 1.67. The standard InChI is InChI=1S/C14H21N3O4S/c1-9-12(10(2)21-15-9)6-14(18)16-5-4-11-7-17(13(11)8-16)22(3,19)20/h11,13H,4-8H2,1-3H3/t11-,13-/m1/s1. The van der Waals surface area contributed by atoms with Crippen molar-refractivity contribution in [2.75, 3.05) is 25.9 Å². The lowest BCUT2D eigenvalue weighted by Crippen LogP contribution is -2.66. The molecule has 0 radical (unpaired) electrons. The zero-order valence-electron chi connectivity index (χ0n) is 13.1. The van der Waals surface area contributed by atoms with Crippen LogP contribution < -0.4 is 0 Å². The number of aromatic nitrogens is 1. The van der Waals surface area contributed by atoms with E-state index in [1.54, 1.807) is 11.8 Å². The van der Waals surface area contributed by atoms with Crippen LogP contribution in [0.3, 0.4) is 0 Å². The lowest BCUT2D eigenvalue weighted by atomic mass is 9.84. The molecule has 0 aliphatic carbocycles. The van der Waals surface area contributed by atoms with E-state index in [1.807, 2.05) is 6.92 Å². The SMILES string of the molecule is Cc1noc(C)c1CC(=O)N1CC[C@@H]2CN(S(C)(=O)=O)[C@@H]2C1. The van der Waals surface area contributed by atoms with Crippen LogP contribution in [0.25, 0.3) is 0 Å². The highest BCUT2D eigenvalue weighted by Gasteiger charge is 2.47. The predicted molar refractivity (Wildman–Crippen MR) is 79.7 cm³/mol. The minimum atomic E-state index is -3.18. The summed E-state index contributed by atoms with van der Waals surface area (Å²) in [6.07, 6.45) is 2.36. The smallest absolute Gasteiger partial charge is 0.227 e. The molecule has 1 aromatic heterocycles. The second-order valence-electron chi connectivity index (χ2n) is 6.27. The second kappa shape index (κ2) is 5.34. The molecule has 1 aromatic rings. The van der Waals surface area contributed by atoms with Gasteiger partial charge in [-0.15, -0.1) is 0 Å². The van der Waals surface area contributed by atoms with E-state index in [9.17, 15) is 13.2 Å². The number of likely N-dealkylation sites (tertiary alicyclic amines) is 1. The van der Waals surface area contributed by atoms with Gasteiger partial charge in [-0.05, 0) is 26.2 Å². The van der Waals surface area contributed by atoms with Gasteiger partial charge in [0.1, 0.15) is 5.76 Å². The van der Waals surface area contributed by atoms with Crippen molar-refractivity contribution in [3.63, 3.8) is 0 Å². The summed E-state index contributed by atoms with van der Waals surface area (Å²) in [4.78, 5) is 14.3. The molecule has 0 N–H and O–H groups in total. The summed E-state index contributed by atoms with van der Waals surface area (Å²) in [5, 5.41) is 3.86. The van der Waals surface area contributed by atoms with Crippen molar-refractivity contribution < 1.29 is 17.7 Å². The van der Waals surface area contributed by atoms with Gasteiger partial charge in [-0.25, -0.2) is 8.42 Å². The first-order valence-corrected chi connectivity index (χ1v) is 9.28. The molecule has 2 aliphatic rings. The summed E-state index contributed by atoms with van der Waals surface area (Å²) in [5.41, 5.74) is 1.57. The van der Waals surface area contributed by atoms with Gasteiger partial charge < -0.3 is 9.42 Å². The first-order valence-electron chi connectivity index (χ1n) is 7.43. The Kier molecular flexibility index (Phi) is 3.76. The first-order chi connectivity index (χ1) is 10.3. The summed E-state index contributed by atoms with van der Waals surface area (Å²) in [6.45, 7) is 5.39. The number of amides is 1. The molecule has 2 saturated heterocycles. The van der Waals surface area contributed by atoms with Crippen LogP contribution in [-0.4, -0.2) is 60.6 Å². The van der Waals surface area contributed by atoms with E-state index in [1.165, 1.54) is 10.6 Å². The maximum Gasteiger partial charge on any atom is 0.227 e. The van der Waals surface area contributed by atoms with Crippen LogP contribution >= 0.6 is 0 Å². The molecule has 0 unspecified atom stereocenters. The normalized spacial score (nSPS) is 25.7. The van der Waals surface area contributed by atoms with Gasteiger partial charge in [0.05, 0.1) is 18.4 Å². The Morgan fingerprint density at radius 2 is 2.09 bits per heavy atom. The number of rotatable bonds is 3. The fourth-order valence-electron chi connectivity index (χ4n) is 3.37. The maximum absolute atomic E-state index is 12.5. The fourth-order valence-corrected chi connectivity index (χ4v) is 4.57. The minimum Gasteiger partial charge on any atom is -0.361 e. The Labute approximate surface area is 130 Å². The molecule has 0 saturated carbocycles. The number of carbonyl (C=O) groups is 1. The van der Waals surface area contributed by atoms with Crippen molar-refractivity contribution in [2.45, 2.75) is 32.7 Å². The molecule has 0 bridgehead atoms. The average Bonchev–Trinajstić information content (AvgIpc) is 2.70. The monoisotopic (exact) mass is 327 g/mol. The van der Waals surface area contributed by atoms with E-state index in [4.69, 9.17) is 4.52 Å². The zero-order chi connectivity index (χ0) is 16.1. The van der Waals surface area contributed by atoms with E-state index in [-0.39, 0.29) is 18.4 Å². The lowest BCUT2D eigenvalue weighted by Gasteiger charge is -2.51. The van der Waals surface area contributed by atoms with Gasteiger partial charge in [0, 0.05) is 31.2 Å². The van der Waals surface area contributed by atoms with Crippen molar-refractivity contribution in [2.24, 2.45) is 5.92 Å². The average molecular weight is 327 g/mol. The Morgan fingerprint density at radius 3 is 2.68 bits per heavy atom. The third-order valence-electron chi connectivity index (χ3n) is 4.79. The van der Waals surface area contributed by atoms with Crippen molar-refractivity contribution >= 4 is 15.9 Å². The largest absolute Gasteiger partial charge is 0.361 e. The number of sulfonamides is 1. The summed E-state index contributed by atoms with van der Waals surface area (Å²) >= 11 is 0. The fraction of sp³-hybridized carbons (Fsp3) is 0.714. The molecule has 7 nitrogen and oxygen atoms in total. The molecule has 122 valence electrons. The topological polar surface area (TPSA) is 83.7 Å². The number of hydrogen-bond donors (Lipinski definition) is 0. The number of fused-ring (bicyclic) bond motifs is 1. The third kappa shape index (κ3) is 2.65. The number of hydrogen-bond acceptors (Lipinski definition) is 5. The van der Waals surface area contributed by atoms with Crippen LogP contribution in [0.5, 0.6) is 0 Å². The Hall–Kier alpha value is -1.41. The Bertz CT molecular complexity index is 677. The zero-order valence-corrected chi connectivity index (χ0v) is 13.9. The lowest BCUT2D eigenvalue weighted by molar-refractivity contribution is -0.135. The van der Waals surface area contributed by atoms with Crippen molar-refractivity contribution in [1.29, 1.82) is 0 Å². The summed E-state index contributed by atoms with van der Waals surface area (Å²) in [5.74, 6) is 1.06. The van der Waals surface area contributed by atoms with E-state index in [2.05, 4.69) is 5.16 Å². The van der Waals surface area contributed by atoms with Crippen LogP contribution in [-0.2, 0) is 21.2 Å². The summed E-state index contributed by atoms with van der Waals surface area (Å²) < 4.78 is 30.0. The molecule has 0 spiro atoms. The molecule has 2 atom stereocenters. The molecule has 8 heteroatoms. The van der Waals surface area contributed by atoms with Crippen LogP contribution in [0, 0.1) is 19.8 Å². The van der Waals surface area contributed by atoms with Gasteiger partial charge >= 0.3 is 0 Å². The number of aryl methyl sites for hydroxylation is 2. The highest BCUT2D eigenvalue weighted by atomic mass is 32.2. The number of nitrogens with zero attached hydrogens (tertiary/aromatic N) is 3. The highest BCUT2D eigenvalue weighted by Crippen LogP contribution is 2.34. The first kappa shape index (κ1) is 15.5. The van der Waals surface area contributed by atoms with Crippen molar-refractivity contribution in [3.8, 4) is 0 Å². The Morgan fingerprint density at radius 1 is 1.36 bits per heavy atom. The third-order valence-corrected chi connectivity index (χ3v) is 6.07. The number of carbonyl (C=O) groups excluding carboxylic acids is 1. The molecular formula is C14H21N3O4S. The molecule has 1 amide bonds. The van der Waals surface area contributed by atoms with E-state index in [0.717, 1.165) is 17.7 Å². The summed E-state index contributed by atoms with van der Waals surface area (Å²) in [6, 6.07) is -0.0580. The van der Waals surface area contributed by atoms with Crippen LogP contribution in [0.4, 0.5) is 0 Å². The van der Waals surface area contributed by atoms with Gasteiger partial charge in [-0.3, -0.25) is 4.79 Å². The van der Waals surface area contributed by atoms with Crippen LogP contribution in [0.15, 0.2) is 4.52 Å². The molecular weight excluding hydrogens is 306 g/mol. The van der Waals surface area contributed by atoms with Gasteiger partial charge in [-0.1, -0.05) is 5.16 Å². The quantitative estimate of drug-likeness (QED) is 0.799. The van der Waals surface area contributed by atoms with Crippen LogP contribution in [0.1, 0.15) is 23.4 Å². The van der Waals surface area contributed by atoms with Gasteiger partial charge in [0.15, 0.2) is 0 Å². The molecule has 2 aliphatic heterocycles.